The molecule has 2 aromatic rings. The Labute approximate surface area is 187 Å². The first-order valence-corrected chi connectivity index (χ1v) is 10.1. The molecule has 6 nitrogen and oxygen atoms in total. The summed E-state index contributed by atoms with van der Waals surface area (Å²) in [5, 5.41) is 7.42. The predicted molar refractivity (Wildman–Crippen MR) is 126 cm³/mol. The molecule has 3 rings (SSSR count). The van der Waals surface area contributed by atoms with Gasteiger partial charge in [0.1, 0.15) is 11.5 Å². The van der Waals surface area contributed by atoms with E-state index >= 15 is 0 Å². The molecule has 28 heavy (non-hydrogen) atoms. The molecule has 0 aliphatic carbocycles. The first-order chi connectivity index (χ1) is 13.3. The minimum atomic E-state index is 0. The topological polar surface area (TPSA) is 67.8 Å². The van der Waals surface area contributed by atoms with Crippen LogP contribution in [0.4, 0.5) is 0 Å². The molecule has 2 N–H and O–H groups in total. The number of aromatic nitrogens is 1. The summed E-state index contributed by atoms with van der Waals surface area (Å²) in [6.45, 7) is 1.61. The standard InChI is InChI=1S/C20H26N4O2S.HI/c1-21-20(24-14-18-7-4-10-27-18)23-13-15-8-9-19(22-12-15)26-17-6-3-5-16(11-17)25-2;/h3,5-6,8-9,11-12,18H,4,7,10,13-14H2,1-2H3,(H2,21,23,24);1H. The van der Waals surface area contributed by atoms with Crippen LogP contribution in [0.25, 0.3) is 0 Å². The van der Waals surface area contributed by atoms with E-state index in [0.717, 1.165) is 23.8 Å². The Kier molecular flexibility index (Phi) is 9.69. The zero-order valence-electron chi connectivity index (χ0n) is 16.2. The summed E-state index contributed by atoms with van der Waals surface area (Å²) in [7, 11) is 3.43. The fourth-order valence-corrected chi connectivity index (χ4v) is 3.98. The average Bonchev–Trinajstić information content (AvgIpc) is 3.23. The summed E-state index contributed by atoms with van der Waals surface area (Å²) >= 11 is 2.04. The number of benzene rings is 1. The summed E-state index contributed by atoms with van der Waals surface area (Å²) in [6.07, 6.45) is 4.41. The van der Waals surface area contributed by atoms with Crippen molar-refractivity contribution in [1.29, 1.82) is 0 Å². The number of hydrogen-bond donors (Lipinski definition) is 2. The second kappa shape index (κ2) is 12.0. The van der Waals surface area contributed by atoms with E-state index in [-0.39, 0.29) is 24.0 Å². The van der Waals surface area contributed by atoms with Crippen molar-refractivity contribution in [2.24, 2.45) is 4.99 Å². The lowest BCUT2D eigenvalue weighted by Crippen LogP contribution is -2.39. The van der Waals surface area contributed by atoms with E-state index in [1.165, 1.54) is 18.6 Å². The van der Waals surface area contributed by atoms with Crippen LogP contribution in [0.15, 0.2) is 47.6 Å². The molecule has 1 saturated heterocycles. The number of aliphatic imine (C=N–C) groups is 1. The van der Waals surface area contributed by atoms with Crippen LogP contribution in [0.5, 0.6) is 17.4 Å². The summed E-state index contributed by atoms with van der Waals surface area (Å²) in [6, 6.07) is 11.3. The van der Waals surface area contributed by atoms with Crippen LogP contribution < -0.4 is 20.1 Å². The molecule has 1 aliphatic heterocycles. The number of ether oxygens (including phenoxy) is 2. The monoisotopic (exact) mass is 514 g/mol. The molecule has 1 fully saturated rings. The molecule has 1 unspecified atom stereocenters. The first kappa shape index (κ1) is 22.6. The molecule has 1 aromatic heterocycles. The molecule has 1 aromatic carbocycles. The van der Waals surface area contributed by atoms with Crippen LogP contribution in [0, 0.1) is 0 Å². The molecule has 1 aliphatic rings. The second-order valence-electron chi connectivity index (χ2n) is 6.23. The number of rotatable bonds is 7. The normalized spacial score (nSPS) is 16.2. The van der Waals surface area contributed by atoms with E-state index in [4.69, 9.17) is 9.47 Å². The van der Waals surface area contributed by atoms with E-state index in [0.29, 0.717) is 23.4 Å². The smallest absolute Gasteiger partial charge is 0.219 e. The quantitative estimate of drug-likeness (QED) is 0.330. The van der Waals surface area contributed by atoms with Gasteiger partial charge in [0.25, 0.3) is 0 Å². The highest BCUT2D eigenvalue weighted by Crippen LogP contribution is 2.25. The number of guanidine groups is 1. The van der Waals surface area contributed by atoms with Crippen molar-refractivity contribution in [3.05, 3.63) is 48.2 Å². The van der Waals surface area contributed by atoms with Gasteiger partial charge in [-0.05, 0) is 36.3 Å². The van der Waals surface area contributed by atoms with E-state index in [2.05, 4.69) is 20.6 Å². The first-order valence-electron chi connectivity index (χ1n) is 9.10. The molecule has 0 amide bonds. The Morgan fingerprint density at radius 2 is 2.11 bits per heavy atom. The third kappa shape index (κ3) is 7.05. The minimum Gasteiger partial charge on any atom is -0.497 e. The van der Waals surface area contributed by atoms with Gasteiger partial charge in [0.15, 0.2) is 5.96 Å². The number of nitrogens with one attached hydrogen (secondary N) is 2. The fraction of sp³-hybridized carbons (Fsp3) is 0.400. The zero-order chi connectivity index (χ0) is 18.9. The maximum absolute atomic E-state index is 5.77. The number of halogens is 1. The van der Waals surface area contributed by atoms with Gasteiger partial charge < -0.3 is 20.1 Å². The highest BCUT2D eigenvalue weighted by molar-refractivity contribution is 14.0. The Balaban J connectivity index is 0.00000280. The zero-order valence-corrected chi connectivity index (χ0v) is 19.3. The molecule has 2 heterocycles. The molecular weight excluding hydrogens is 487 g/mol. The average molecular weight is 514 g/mol. The van der Waals surface area contributed by atoms with Gasteiger partial charge in [-0.15, -0.1) is 24.0 Å². The third-order valence-corrected chi connectivity index (χ3v) is 5.66. The van der Waals surface area contributed by atoms with Crippen molar-refractivity contribution < 1.29 is 9.47 Å². The van der Waals surface area contributed by atoms with Gasteiger partial charge >= 0.3 is 0 Å². The van der Waals surface area contributed by atoms with Crippen LogP contribution >= 0.6 is 35.7 Å². The molecule has 0 spiro atoms. The van der Waals surface area contributed by atoms with Gasteiger partial charge in [0.2, 0.25) is 5.88 Å². The van der Waals surface area contributed by atoms with Crippen molar-refractivity contribution in [1.82, 2.24) is 15.6 Å². The molecule has 0 bridgehead atoms. The largest absolute Gasteiger partial charge is 0.497 e. The van der Waals surface area contributed by atoms with Crippen LogP contribution in [0.1, 0.15) is 18.4 Å². The van der Waals surface area contributed by atoms with Crippen molar-refractivity contribution in [3.63, 3.8) is 0 Å². The van der Waals surface area contributed by atoms with Crippen LogP contribution in [-0.2, 0) is 6.54 Å². The third-order valence-electron chi connectivity index (χ3n) is 4.27. The van der Waals surface area contributed by atoms with Gasteiger partial charge in [-0.2, -0.15) is 11.8 Å². The van der Waals surface area contributed by atoms with Gasteiger partial charge in [0.05, 0.1) is 7.11 Å². The van der Waals surface area contributed by atoms with Crippen LogP contribution in [0.3, 0.4) is 0 Å². The van der Waals surface area contributed by atoms with Crippen molar-refractivity contribution in [2.45, 2.75) is 24.6 Å². The highest BCUT2D eigenvalue weighted by atomic mass is 127. The molecule has 0 saturated carbocycles. The number of hydrogen-bond acceptors (Lipinski definition) is 5. The van der Waals surface area contributed by atoms with E-state index in [1.807, 2.05) is 54.4 Å². The summed E-state index contributed by atoms with van der Waals surface area (Å²) in [5.41, 5.74) is 1.06. The lowest BCUT2D eigenvalue weighted by Gasteiger charge is -2.14. The van der Waals surface area contributed by atoms with Crippen molar-refractivity contribution in [2.75, 3.05) is 26.5 Å². The van der Waals surface area contributed by atoms with Crippen LogP contribution in [0.2, 0.25) is 0 Å². The van der Waals surface area contributed by atoms with E-state index in [1.54, 1.807) is 14.2 Å². The Hall–Kier alpha value is -1.68. The highest BCUT2D eigenvalue weighted by Gasteiger charge is 2.15. The second-order valence-corrected chi connectivity index (χ2v) is 7.64. The molecule has 152 valence electrons. The summed E-state index contributed by atoms with van der Waals surface area (Å²) in [4.78, 5) is 8.66. The van der Waals surface area contributed by atoms with Gasteiger partial charge in [-0.3, -0.25) is 4.99 Å². The van der Waals surface area contributed by atoms with Crippen molar-refractivity contribution >= 4 is 41.7 Å². The van der Waals surface area contributed by atoms with Gasteiger partial charge in [-0.25, -0.2) is 4.98 Å². The Morgan fingerprint density at radius 1 is 1.25 bits per heavy atom. The van der Waals surface area contributed by atoms with E-state index < -0.39 is 0 Å². The number of methoxy groups -OCH3 is 1. The number of thioether (sulfide) groups is 1. The number of pyridine rings is 1. The maximum atomic E-state index is 5.77. The number of nitrogens with zero attached hydrogens (tertiary/aromatic N) is 2. The Morgan fingerprint density at radius 3 is 2.79 bits per heavy atom. The summed E-state index contributed by atoms with van der Waals surface area (Å²) < 4.78 is 11.0. The van der Waals surface area contributed by atoms with Gasteiger partial charge in [-0.1, -0.05) is 12.1 Å². The Bertz CT molecular complexity index is 752. The van der Waals surface area contributed by atoms with Crippen LogP contribution in [-0.4, -0.2) is 42.6 Å². The molecule has 1 atom stereocenters. The summed E-state index contributed by atoms with van der Waals surface area (Å²) in [5.74, 6) is 4.09. The fourth-order valence-electron chi connectivity index (χ4n) is 2.78. The molecule has 8 heteroatoms. The van der Waals surface area contributed by atoms with Gasteiger partial charge in [0, 0.05) is 43.7 Å². The predicted octanol–water partition coefficient (Wildman–Crippen LogP) is 4.06. The SMILES string of the molecule is CN=C(NCc1ccc(Oc2cccc(OC)c2)nc1)NCC1CCCS1.I. The lowest BCUT2D eigenvalue weighted by atomic mass is 10.2. The maximum Gasteiger partial charge on any atom is 0.219 e. The molecule has 0 radical (unpaired) electrons. The van der Waals surface area contributed by atoms with Crippen molar-refractivity contribution in [3.8, 4) is 17.4 Å². The lowest BCUT2D eigenvalue weighted by molar-refractivity contribution is 0.407. The minimum absolute atomic E-state index is 0. The van der Waals surface area contributed by atoms with E-state index in [9.17, 15) is 0 Å². The molecular formula is C20H27IN4O2S.